The summed E-state index contributed by atoms with van der Waals surface area (Å²) in [5, 5.41) is 0. The van der Waals surface area contributed by atoms with Crippen LogP contribution in [0.5, 0.6) is 0 Å². The van der Waals surface area contributed by atoms with Crippen LogP contribution in [-0.2, 0) is 6.42 Å². The molecule has 0 saturated carbocycles. The second-order valence-corrected chi connectivity index (χ2v) is 5.43. The van der Waals surface area contributed by atoms with Crippen molar-refractivity contribution < 1.29 is 0 Å². The average molecular weight is 223 g/mol. The molecule has 4 rings (SSSR count). The maximum atomic E-state index is 2.54. The fraction of sp³-hybridized carbons (Fsp3) is 0.375. The number of benzene rings is 1. The Labute approximate surface area is 102 Å². The van der Waals surface area contributed by atoms with Gasteiger partial charge in [-0.1, -0.05) is 30.3 Å². The number of likely N-dealkylation sites (N-methyl/N-ethyl adjacent to an activating group) is 1. The predicted octanol–water partition coefficient (Wildman–Crippen LogP) is 3.03. The number of allylic oxidation sites excluding steroid dienone is 2. The Morgan fingerprint density at radius 3 is 3.06 bits per heavy atom. The van der Waals surface area contributed by atoms with E-state index in [0.717, 1.165) is 6.42 Å². The number of rotatable bonds is 0. The first kappa shape index (κ1) is 9.67. The summed E-state index contributed by atoms with van der Waals surface area (Å²) >= 11 is 0. The van der Waals surface area contributed by atoms with Gasteiger partial charge in [0.2, 0.25) is 0 Å². The second-order valence-electron chi connectivity index (χ2n) is 5.43. The van der Waals surface area contributed by atoms with Gasteiger partial charge in [-0.05, 0) is 54.2 Å². The summed E-state index contributed by atoms with van der Waals surface area (Å²) in [6.07, 6.45) is 6.07. The monoisotopic (exact) mass is 223 g/mol. The molecule has 1 aliphatic heterocycles. The van der Waals surface area contributed by atoms with E-state index in [9.17, 15) is 0 Å². The van der Waals surface area contributed by atoms with Gasteiger partial charge in [-0.25, -0.2) is 0 Å². The standard InChI is InChI=1S/C16H17N/c1-17-9-8-11-6-7-14-13-5-3-2-4-12(13)10-15(17)16(11)14/h2-6,15H,7-10H2,1H3. The fourth-order valence-corrected chi connectivity index (χ4v) is 3.68. The normalized spacial score (nSPS) is 26.6. The molecule has 1 aromatic carbocycles. The van der Waals surface area contributed by atoms with Gasteiger partial charge in [0, 0.05) is 12.6 Å². The first-order valence-corrected chi connectivity index (χ1v) is 6.55. The molecule has 0 spiro atoms. The molecule has 1 heterocycles. The molecule has 0 bridgehead atoms. The summed E-state index contributed by atoms with van der Waals surface area (Å²) in [4.78, 5) is 2.54. The van der Waals surface area contributed by atoms with Crippen molar-refractivity contribution in [1.29, 1.82) is 0 Å². The largest absolute Gasteiger partial charge is 0.299 e. The highest BCUT2D eigenvalue weighted by Crippen LogP contribution is 2.45. The second kappa shape index (κ2) is 3.33. The first-order valence-electron chi connectivity index (χ1n) is 6.55. The van der Waals surface area contributed by atoms with E-state index in [0.29, 0.717) is 6.04 Å². The van der Waals surface area contributed by atoms with Crippen molar-refractivity contribution in [2.75, 3.05) is 13.6 Å². The van der Waals surface area contributed by atoms with E-state index in [2.05, 4.69) is 42.3 Å². The predicted molar refractivity (Wildman–Crippen MR) is 70.8 cm³/mol. The lowest BCUT2D eigenvalue weighted by Gasteiger charge is -2.39. The summed E-state index contributed by atoms with van der Waals surface area (Å²) in [7, 11) is 2.28. The Balaban J connectivity index is 1.94. The van der Waals surface area contributed by atoms with E-state index in [-0.39, 0.29) is 0 Å². The van der Waals surface area contributed by atoms with Crippen molar-refractivity contribution in [3.8, 4) is 0 Å². The minimum Gasteiger partial charge on any atom is -0.299 e. The van der Waals surface area contributed by atoms with Crippen LogP contribution in [0.25, 0.3) is 5.57 Å². The van der Waals surface area contributed by atoms with Gasteiger partial charge in [0.15, 0.2) is 0 Å². The highest BCUT2D eigenvalue weighted by Gasteiger charge is 2.36. The molecule has 1 atom stereocenters. The summed E-state index contributed by atoms with van der Waals surface area (Å²) in [5.41, 5.74) is 7.97. The van der Waals surface area contributed by atoms with Gasteiger partial charge in [0.25, 0.3) is 0 Å². The zero-order valence-electron chi connectivity index (χ0n) is 10.2. The molecule has 1 unspecified atom stereocenters. The smallest absolute Gasteiger partial charge is 0.0391 e. The fourth-order valence-electron chi connectivity index (χ4n) is 3.68. The molecule has 1 nitrogen and oxygen atoms in total. The van der Waals surface area contributed by atoms with Crippen molar-refractivity contribution >= 4 is 5.57 Å². The van der Waals surface area contributed by atoms with E-state index in [1.807, 2.05) is 0 Å². The van der Waals surface area contributed by atoms with Crippen LogP contribution >= 0.6 is 0 Å². The molecule has 0 radical (unpaired) electrons. The van der Waals surface area contributed by atoms with Crippen LogP contribution in [0.3, 0.4) is 0 Å². The molecule has 1 heteroatoms. The van der Waals surface area contributed by atoms with Crippen LogP contribution in [0.15, 0.2) is 41.5 Å². The Hall–Kier alpha value is -1.34. The number of fused-ring (bicyclic) bond motifs is 2. The lowest BCUT2D eigenvalue weighted by Crippen LogP contribution is -2.41. The van der Waals surface area contributed by atoms with Gasteiger partial charge in [-0.15, -0.1) is 0 Å². The third-order valence-corrected chi connectivity index (χ3v) is 4.58. The number of hydrogen-bond donors (Lipinski definition) is 0. The van der Waals surface area contributed by atoms with Crippen LogP contribution < -0.4 is 0 Å². The maximum Gasteiger partial charge on any atom is 0.0391 e. The molecule has 17 heavy (non-hydrogen) atoms. The molecular formula is C16H17N. The molecule has 2 aliphatic carbocycles. The van der Waals surface area contributed by atoms with Gasteiger partial charge < -0.3 is 0 Å². The van der Waals surface area contributed by atoms with Crippen molar-refractivity contribution in [3.05, 3.63) is 52.6 Å². The van der Waals surface area contributed by atoms with E-state index in [1.54, 1.807) is 22.3 Å². The number of likely N-dealkylation sites (tertiary alicyclic amines) is 1. The van der Waals surface area contributed by atoms with E-state index in [1.165, 1.54) is 24.9 Å². The molecule has 1 saturated heterocycles. The third kappa shape index (κ3) is 1.23. The highest BCUT2D eigenvalue weighted by atomic mass is 15.1. The van der Waals surface area contributed by atoms with Gasteiger partial charge >= 0.3 is 0 Å². The number of nitrogens with zero attached hydrogens (tertiary/aromatic N) is 1. The van der Waals surface area contributed by atoms with Crippen molar-refractivity contribution in [2.45, 2.75) is 25.3 Å². The van der Waals surface area contributed by atoms with Crippen LogP contribution in [0.2, 0.25) is 0 Å². The lowest BCUT2D eigenvalue weighted by molar-refractivity contribution is 0.255. The summed E-state index contributed by atoms with van der Waals surface area (Å²) in [5.74, 6) is 0. The zero-order chi connectivity index (χ0) is 11.4. The molecule has 1 fully saturated rings. The Kier molecular flexibility index (Phi) is 1.89. The van der Waals surface area contributed by atoms with Gasteiger partial charge in [0.05, 0.1) is 0 Å². The average Bonchev–Trinajstić information content (AvgIpc) is 2.79. The zero-order valence-corrected chi connectivity index (χ0v) is 10.2. The van der Waals surface area contributed by atoms with Gasteiger partial charge in [-0.2, -0.15) is 0 Å². The van der Waals surface area contributed by atoms with Crippen molar-refractivity contribution in [2.24, 2.45) is 0 Å². The molecule has 0 N–H and O–H groups in total. The SMILES string of the molecule is CN1CCC2=CCC3=C2C1Cc1ccccc13. The minimum atomic E-state index is 0.641. The van der Waals surface area contributed by atoms with Crippen molar-refractivity contribution in [1.82, 2.24) is 4.90 Å². The third-order valence-electron chi connectivity index (χ3n) is 4.58. The molecule has 86 valence electrons. The molecular weight excluding hydrogens is 206 g/mol. The Morgan fingerprint density at radius 1 is 1.24 bits per heavy atom. The first-order chi connectivity index (χ1) is 8.34. The molecule has 0 amide bonds. The summed E-state index contributed by atoms with van der Waals surface area (Å²) < 4.78 is 0. The topological polar surface area (TPSA) is 3.24 Å². The van der Waals surface area contributed by atoms with Gasteiger partial charge in [0.1, 0.15) is 0 Å². The molecule has 3 aliphatic rings. The van der Waals surface area contributed by atoms with Crippen LogP contribution in [-0.4, -0.2) is 24.5 Å². The summed E-state index contributed by atoms with van der Waals surface area (Å²) in [6, 6.07) is 9.61. The van der Waals surface area contributed by atoms with E-state index in [4.69, 9.17) is 0 Å². The summed E-state index contributed by atoms with van der Waals surface area (Å²) in [6.45, 7) is 1.22. The highest BCUT2D eigenvalue weighted by molar-refractivity contribution is 5.82. The van der Waals surface area contributed by atoms with E-state index >= 15 is 0 Å². The maximum absolute atomic E-state index is 2.54. The van der Waals surface area contributed by atoms with Crippen LogP contribution in [0.1, 0.15) is 24.0 Å². The van der Waals surface area contributed by atoms with Crippen LogP contribution in [0.4, 0.5) is 0 Å². The Bertz CT molecular complexity index is 550. The van der Waals surface area contributed by atoms with E-state index < -0.39 is 0 Å². The Morgan fingerprint density at radius 2 is 2.12 bits per heavy atom. The quantitative estimate of drug-likeness (QED) is 0.653. The molecule has 0 aromatic heterocycles. The van der Waals surface area contributed by atoms with Gasteiger partial charge in [-0.3, -0.25) is 4.90 Å². The number of piperidine rings is 1. The van der Waals surface area contributed by atoms with Crippen LogP contribution in [0, 0.1) is 0 Å². The van der Waals surface area contributed by atoms with Crippen molar-refractivity contribution in [3.63, 3.8) is 0 Å². The minimum absolute atomic E-state index is 0.641. The lowest BCUT2D eigenvalue weighted by atomic mass is 9.79. The number of hydrogen-bond acceptors (Lipinski definition) is 1. The molecule has 1 aromatic rings.